The molecule has 0 aliphatic rings. The third kappa shape index (κ3) is 28.4. The van der Waals surface area contributed by atoms with E-state index in [2.05, 4.69) is 38.2 Å². The fourth-order valence-electron chi connectivity index (χ4n) is 3.96. The van der Waals surface area contributed by atoms with Gasteiger partial charge >= 0.3 is 19.8 Å². The van der Waals surface area contributed by atoms with Gasteiger partial charge in [-0.1, -0.05) is 95.9 Å². The number of carbonyl (C=O) groups is 2. The van der Waals surface area contributed by atoms with Crippen molar-refractivity contribution in [1.82, 2.24) is 0 Å². The largest absolute Gasteiger partial charge is 0.472 e. The van der Waals surface area contributed by atoms with Gasteiger partial charge in [0.15, 0.2) is 6.10 Å². The molecule has 2 atom stereocenters. The number of phosphoric acid groups is 1. The normalized spacial score (nSPS) is 14.0. The van der Waals surface area contributed by atoms with Crippen molar-refractivity contribution in [2.45, 2.75) is 136 Å². The maximum absolute atomic E-state index is 12.4. The number of hydrogen-bond donors (Lipinski definition) is 2. The molecular weight excluding hydrogens is 545 g/mol. The quantitative estimate of drug-likeness (QED) is 0.0381. The van der Waals surface area contributed by atoms with Gasteiger partial charge < -0.3 is 20.1 Å². The van der Waals surface area contributed by atoms with Gasteiger partial charge in [-0.25, -0.2) is 4.57 Å². The Balaban J connectivity index is 4.26. The Hall–Kier alpha value is -1.51. The lowest BCUT2D eigenvalue weighted by Crippen LogP contribution is -2.29. The first-order valence-electron chi connectivity index (χ1n) is 15.8. The molecule has 0 amide bonds. The Morgan fingerprint density at radius 1 is 0.732 bits per heavy atom. The summed E-state index contributed by atoms with van der Waals surface area (Å²) in [4.78, 5) is 34.2. The fraction of sp³-hybridized carbons (Fsp3) is 0.806. The van der Waals surface area contributed by atoms with Crippen LogP contribution in [0.4, 0.5) is 0 Å². The highest BCUT2D eigenvalue weighted by molar-refractivity contribution is 7.47. The van der Waals surface area contributed by atoms with Crippen LogP contribution in [0.1, 0.15) is 129 Å². The van der Waals surface area contributed by atoms with Crippen LogP contribution in [0.3, 0.4) is 0 Å². The number of esters is 2. The van der Waals surface area contributed by atoms with E-state index in [-0.39, 0.29) is 32.6 Å². The van der Waals surface area contributed by atoms with Crippen LogP contribution in [0.2, 0.25) is 0 Å². The molecule has 0 aromatic rings. The lowest BCUT2D eigenvalue weighted by Gasteiger charge is -2.19. The molecule has 9 nitrogen and oxygen atoms in total. The first kappa shape index (κ1) is 39.5. The Morgan fingerprint density at radius 3 is 1.90 bits per heavy atom. The fourth-order valence-corrected chi connectivity index (χ4v) is 4.72. The lowest BCUT2D eigenvalue weighted by molar-refractivity contribution is -0.161. The first-order valence-corrected chi connectivity index (χ1v) is 17.3. The molecule has 0 aliphatic carbocycles. The summed E-state index contributed by atoms with van der Waals surface area (Å²) in [6.45, 7) is 3.55. The highest BCUT2D eigenvalue weighted by atomic mass is 31.2. The van der Waals surface area contributed by atoms with E-state index in [0.717, 1.165) is 70.6 Å². The van der Waals surface area contributed by atoms with Crippen LogP contribution in [0.5, 0.6) is 0 Å². The van der Waals surface area contributed by atoms with Crippen molar-refractivity contribution in [3.05, 3.63) is 24.3 Å². The Bertz CT molecular complexity index is 744. The molecule has 0 spiro atoms. The molecule has 0 saturated heterocycles. The second kappa shape index (κ2) is 28.6. The molecule has 240 valence electrons. The van der Waals surface area contributed by atoms with Crippen molar-refractivity contribution in [3.8, 4) is 0 Å². The number of hydrogen-bond acceptors (Lipinski definition) is 8. The molecule has 0 fully saturated rings. The van der Waals surface area contributed by atoms with E-state index in [4.69, 9.17) is 24.3 Å². The number of rotatable bonds is 29. The molecule has 0 saturated carbocycles. The molecule has 0 aromatic carbocycles. The summed E-state index contributed by atoms with van der Waals surface area (Å²) in [7, 11) is -4.36. The van der Waals surface area contributed by atoms with E-state index in [1.807, 2.05) is 0 Å². The van der Waals surface area contributed by atoms with E-state index >= 15 is 0 Å². The second-order valence-corrected chi connectivity index (χ2v) is 11.8. The number of unbranched alkanes of at least 4 members (excludes halogenated alkanes) is 12. The number of allylic oxidation sites excluding steroid dienone is 4. The van der Waals surface area contributed by atoms with Crippen LogP contribution in [0.25, 0.3) is 0 Å². The van der Waals surface area contributed by atoms with Gasteiger partial charge in [-0.05, 0) is 44.9 Å². The smallest absolute Gasteiger partial charge is 0.462 e. The van der Waals surface area contributed by atoms with E-state index < -0.39 is 32.5 Å². The van der Waals surface area contributed by atoms with Crippen molar-refractivity contribution in [3.63, 3.8) is 0 Å². The number of phosphoric ester groups is 1. The van der Waals surface area contributed by atoms with Gasteiger partial charge in [0, 0.05) is 19.4 Å². The van der Waals surface area contributed by atoms with Gasteiger partial charge in [0.05, 0.1) is 13.2 Å². The van der Waals surface area contributed by atoms with Crippen molar-refractivity contribution in [2.24, 2.45) is 5.73 Å². The minimum atomic E-state index is -4.36. The van der Waals surface area contributed by atoms with Crippen LogP contribution in [0, 0.1) is 0 Å². The standard InChI is InChI=1S/C31H58NO8P/c1-3-5-7-9-10-11-12-13-14-15-16-17-18-20-22-24-31(34)40-29(28-39-41(35,36)38-26-25-32)27-37-30(33)23-21-19-8-6-4-2/h10-11,13-14,29H,3-9,12,15-28,32H2,1-2H3,(H,35,36)/b11-10-,14-13-. The van der Waals surface area contributed by atoms with Crippen molar-refractivity contribution >= 4 is 19.8 Å². The average molecular weight is 604 g/mol. The van der Waals surface area contributed by atoms with Crippen LogP contribution >= 0.6 is 7.82 Å². The molecule has 0 aliphatic heterocycles. The van der Waals surface area contributed by atoms with Crippen LogP contribution in [0.15, 0.2) is 24.3 Å². The molecular formula is C31H58NO8P. The van der Waals surface area contributed by atoms with Gasteiger partial charge in [0.1, 0.15) is 6.61 Å². The van der Waals surface area contributed by atoms with Crippen molar-refractivity contribution in [1.29, 1.82) is 0 Å². The van der Waals surface area contributed by atoms with Crippen molar-refractivity contribution in [2.75, 3.05) is 26.4 Å². The monoisotopic (exact) mass is 603 g/mol. The summed E-state index contributed by atoms with van der Waals surface area (Å²) >= 11 is 0. The van der Waals surface area contributed by atoms with Crippen molar-refractivity contribution < 1.29 is 37.6 Å². The first-order chi connectivity index (χ1) is 19.8. The minimum Gasteiger partial charge on any atom is -0.462 e. The molecule has 0 radical (unpaired) electrons. The van der Waals surface area contributed by atoms with Gasteiger partial charge in [-0.15, -0.1) is 0 Å². The Morgan fingerprint density at radius 2 is 1.27 bits per heavy atom. The summed E-state index contributed by atoms with van der Waals surface area (Å²) < 4.78 is 32.3. The number of carbonyl (C=O) groups excluding carboxylic acids is 2. The van der Waals surface area contributed by atoms with E-state index in [1.54, 1.807) is 0 Å². The number of nitrogens with two attached hydrogens (primary N) is 1. The highest BCUT2D eigenvalue weighted by Gasteiger charge is 2.25. The maximum Gasteiger partial charge on any atom is 0.472 e. The van der Waals surface area contributed by atoms with Crippen LogP contribution in [-0.4, -0.2) is 49.3 Å². The van der Waals surface area contributed by atoms with E-state index in [0.29, 0.717) is 6.42 Å². The Kier molecular flexibility index (Phi) is 27.5. The predicted molar refractivity (Wildman–Crippen MR) is 164 cm³/mol. The summed E-state index contributed by atoms with van der Waals surface area (Å²) in [5.41, 5.74) is 5.29. The zero-order valence-electron chi connectivity index (χ0n) is 25.8. The lowest BCUT2D eigenvalue weighted by atomic mass is 10.1. The maximum atomic E-state index is 12.4. The zero-order chi connectivity index (χ0) is 30.4. The average Bonchev–Trinajstić information content (AvgIpc) is 2.95. The molecule has 0 rings (SSSR count). The summed E-state index contributed by atoms with van der Waals surface area (Å²) in [6, 6.07) is 0. The van der Waals surface area contributed by atoms with Crippen LogP contribution in [-0.2, 0) is 32.7 Å². The summed E-state index contributed by atoms with van der Waals surface area (Å²) in [6.07, 6.45) is 25.4. The van der Waals surface area contributed by atoms with Crippen LogP contribution < -0.4 is 5.73 Å². The molecule has 0 bridgehead atoms. The molecule has 0 aromatic heterocycles. The molecule has 41 heavy (non-hydrogen) atoms. The van der Waals surface area contributed by atoms with E-state index in [9.17, 15) is 19.0 Å². The van der Waals surface area contributed by atoms with E-state index in [1.165, 1.54) is 25.7 Å². The third-order valence-electron chi connectivity index (χ3n) is 6.34. The SMILES string of the molecule is CCCCC/C=C\C/C=C\CCCCCCCC(=O)OC(COC(=O)CCCCCCC)COP(=O)(O)OCCN. The number of ether oxygens (including phenoxy) is 2. The molecule has 3 N–H and O–H groups in total. The predicted octanol–water partition coefficient (Wildman–Crippen LogP) is 7.71. The third-order valence-corrected chi connectivity index (χ3v) is 7.32. The van der Waals surface area contributed by atoms with Gasteiger partial charge in [-0.2, -0.15) is 0 Å². The van der Waals surface area contributed by atoms with Gasteiger partial charge in [0.2, 0.25) is 0 Å². The molecule has 0 heterocycles. The minimum absolute atomic E-state index is 0.0513. The zero-order valence-corrected chi connectivity index (χ0v) is 26.7. The topological polar surface area (TPSA) is 134 Å². The summed E-state index contributed by atoms with van der Waals surface area (Å²) in [5.74, 6) is -0.863. The van der Waals surface area contributed by atoms with Gasteiger partial charge in [0.25, 0.3) is 0 Å². The second-order valence-electron chi connectivity index (χ2n) is 10.3. The Labute approximate surface area is 249 Å². The summed E-state index contributed by atoms with van der Waals surface area (Å²) in [5, 5.41) is 0. The molecule has 2 unspecified atom stereocenters. The highest BCUT2D eigenvalue weighted by Crippen LogP contribution is 2.43. The molecule has 10 heteroatoms. The van der Waals surface area contributed by atoms with Gasteiger partial charge in [-0.3, -0.25) is 18.6 Å².